The Morgan fingerprint density at radius 1 is 1.15 bits per heavy atom. The fourth-order valence-corrected chi connectivity index (χ4v) is 3.05. The highest BCUT2D eigenvalue weighted by Gasteiger charge is 2.21. The monoisotopic (exact) mass is 348 g/mol. The number of nitrogens with zero attached hydrogens (tertiary/aromatic N) is 2. The highest BCUT2D eigenvalue weighted by molar-refractivity contribution is 5.69. The quantitative estimate of drug-likeness (QED) is 0.714. The van der Waals surface area contributed by atoms with Gasteiger partial charge < -0.3 is 19.9 Å². The van der Waals surface area contributed by atoms with Gasteiger partial charge in [0.25, 0.3) is 0 Å². The molecule has 0 bridgehead atoms. The third kappa shape index (κ3) is 3.54. The minimum Gasteiger partial charge on any atom is -0.448 e. The van der Waals surface area contributed by atoms with Crippen LogP contribution in [0.2, 0.25) is 0 Å². The van der Waals surface area contributed by atoms with E-state index < -0.39 is 0 Å². The van der Waals surface area contributed by atoms with E-state index in [2.05, 4.69) is 27.4 Å². The maximum absolute atomic E-state index is 11.6. The number of amides is 1. The molecule has 1 aromatic heterocycles. The summed E-state index contributed by atoms with van der Waals surface area (Å²) in [7, 11) is 0. The van der Waals surface area contributed by atoms with Gasteiger partial charge in [-0.05, 0) is 23.3 Å². The van der Waals surface area contributed by atoms with Crippen molar-refractivity contribution in [3.8, 4) is 0 Å². The van der Waals surface area contributed by atoms with Crippen molar-refractivity contribution in [2.45, 2.75) is 12.6 Å². The maximum Gasteiger partial charge on any atom is 0.410 e. The van der Waals surface area contributed by atoms with Crippen LogP contribution in [0.25, 0.3) is 0 Å². The lowest BCUT2D eigenvalue weighted by atomic mass is 10.1. The van der Waals surface area contributed by atoms with Crippen LogP contribution in [0.3, 0.4) is 0 Å². The summed E-state index contributed by atoms with van der Waals surface area (Å²) < 4.78 is 4.97. The second kappa shape index (κ2) is 7.31. The smallest absolute Gasteiger partial charge is 0.410 e. The van der Waals surface area contributed by atoms with Crippen molar-refractivity contribution in [3.05, 3.63) is 83.9 Å². The lowest BCUT2D eigenvalue weighted by Gasteiger charge is -2.19. The fourth-order valence-electron chi connectivity index (χ4n) is 3.05. The number of ether oxygens (including phenoxy) is 1. The summed E-state index contributed by atoms with van der Waals surface area (Å²) in [5.41, 5.74) is 3.19. The number of imidazole rings is 1. The van der Waals surface area contributed by atoms with Gasteiger partial charge in [-0.3, -0.25) is 0 Å². The topological polar surface area (TPSA) is 70.2 Å². The number of hydrogen-bond acceptors (Lipinski definition) is 4. The van der Waals surface area contributed by atoms with E-state index >= 15 is 0 Å². The van der Waals surface area contributed by atoms with Gasteiger partial charge in [0.05, 0.1) is 6.54 Å². The number of aromatic amines is 1. The molecule has 132 valence electrons. The van der Waals surface area contributed by atoms with Crippen LogP contribution < -0.4 is 5.32 Å². The zero-order chi connectivity index (χ0) is 17.8. The lowest BCUT2D eigenvalue weighted by Crippen LogP contribution is -2.23. The van der Waals surface area contributed by atoms with E-state index in [0.29, 0.717) is 19.7 Å². The average molecular weight is 348 g/mol. The number of rotatable bonds is 6. The predicted molar refractivity (Wildman–Crippen MR) is 98.7 cm³/mol. The first-order valence-electron chi connectivity index (χ1n) is 8.61. The lowest BCUT2D eigenvalue weighted by molar-refractivity contribution is 0.157. The standard InChI is InChI=1S/C20H20N4O2/c25-20-24(12-13-26-20)14-15-6-8-17(9-7-15)23-18(19-21-10-11-22-19)16-4-2-1-3-5-16/h1-11,18,23H,12-14H2,(H,21,22). The molecule has 6 heteroatoms. The van der Waals surface area contributed by atoms with Crippen molar-refractivity contribution >= 4 is 11.8 Å². The van der Waals surface area contributed by atoms with E-state index in [4.69, 9.17) is 4.74 Å². The molecule has 1 atom stereocenters. The van der Waals surface area contributed by atoms with Crippen LogP contribution in [0.4, 0.5) is 10.5 Å². The molecule has 1 saturated heterocycles. The molecule has 2 N–H and O–H groups in total. The summed E-state index contributed by atoms with van der Waals surface area (Å²) in [6.07, 6.45) is 3.34. The Labute approximate surface area is 151 Å². The zero-order valence-corrected chi connectivity index (χ0v) is 14.3. The van der Waals surface area contributed by atoms with Crippen LogP contribution in [-0.4, -0.2) is 34.1 Å². The molecule has 1 aliphatic heterocycles. The van der Waals surface area contributed by atoms with Crippen molar-refractivity contribution < 1.29 is 9.53 Å². The number of carbonyl (C=O) groups is 1. The number of H-pyrrole nitrogens is 1. The molecule has 1 aliphatic rings. The molecule has 1 amide bonds. The molecule has 0 radical (unpaired) electrons. The van der Waals surface area contributed by atoms with Crippen LogP contribution in [0, 0.1) is 0 Å². The highest BCUT2D eigenvalue weighted by atomic mass is 16.6. The first-order valence-corrected chi connectivity index (χ1v) is 8.61. The van der Waals surface area contributed by atoms with Crippen LogP contribution >= 0.6 is 0 Å². The van der Waals surface area contributed by atoms with E-state index in [9.17, 15) is 4.79 Å². The summed E-state index contributed by atoms with van der Waals surface area (Å²) in [6.45, 7) is 1.69. The van der Waals surface area contributed by atoms with Crippen molar-refractivity contribution in [3.63, 3.8) is 0 Å². The Hall–Kier alpha value is -3.28. The summed E-state index contributed by atoms with van der Waals surface area (Å²) in [4.78, 5) is 20.9. The summed E-state index contributed by atoms with van der Waals surface area (Å²) >= 11 is 0. The molecule has 0 spiro atoms. The van der Waals surface area contributed by atoms with Crippen LogP contribution in [0.15, 0.2) is 67.0 Å². The highest BCUT2D eigenvalue weighted by Crippen LogP contribution is 2.24. The number of aromatic nitrogens is 2. The van der Waals surface area contributed by atoms with Crippen molar-refractivity contribution in [1.82, 2.24) is 14.9 Å². The molecule has 4 rings (SSSR count). The van der Waals surface area contributed by atoms with E-state index in [1.54, 1.807) is 11.1 Å². The Balaban J connectivity index is 1.50. The van der Waals surface area contributed by atoms with Crippen molar-refractivity contribution in [1.29, 1.82) is 0 Å². The first-order chi connectivity index (χ1) is 12.8. The van der Waals surface area contributed by atoms with Gasteiger partial charge >= 0.3 is 6.09 Å². The van der Waals surface area contributed by atoms with Gasteiger partial charge in [0.2, 0.25) is 0 Å². The Bertz CT molecular complexity index is 847. The molecule has 0 aliphatic carbocycles. The molecular weight excluding hydrogens is 328 g/mol. The van der Waals surface area contributed by atoms with Gasteiger partial charge in [-0.25, -0.2) is 9.78 Å². The number of cyclic esters (lactones) is 1. The molecular formula is C20H20N4O2. The second-order valence-electron chi connectivity index (χ2n) is 6.20. The summed E-state index contributed by atoms with van der Waals surface area (Å²) in [6, 6.07) is 18.2. The minimum atomic E-state index is -0.242. The van der Waals surface area contributed by atoms with Gasteiger partial charge in [0.1, 0.15) is 18.5 Å². The normalized spacial score (nSPS) is 14.9. The van der Waals surface area contributed by atoms with Crippen LogP contribution in [0.5, 0.6) is 0 Å². The number of benzene rings is 2. The van der Waals surface area contributed by atoms with Gasteiger partial charge in [-0.15, -0.1) is 0 Å². The Morgan fingerprint density at radius 2 is 1.96 bits per heavy atom. The molecule has 2 aromatic carbocycles. The van der Waals surface area contributed by atoms with E-state index in [-0.39, 0.29) is 12.1 Å². The van der Waals surface area contributed by atoms with E-state index in [0.717, 1.165) is 22.6 Å². The molecule has 6 nitrogen and oxygen atoms in total. The van der Waals surface area contributed by atoms with E-state index in [1.807, 2.05) is 48.7 Å². The van der Waals surface area contributed by atoms with Gasteiger partial charge in [-0.2, -0.15) is 0 Å². The Kier molecular flexibility index (Phi) is 4.55. The molecule has 1 unspecified atom stereocenters. The van der Waals surface area contributed by atoms with Crippen molar-refractivity contribution in [2.24, 2.45) is 0 Å². The number of hydrogen-bond donors (Lipinski definition) is 2. The third-order valence-corrected chi connectivity index (χ3v) is 4.41. The van der Waals surface area contributed by atoms with Gasteiger partial charge in [0.15, 0.2) is 0 Å². The maximum atomic E-state index is 11.6. The van der Waals surface area contributed by atoms with E-state index in [1.165, 1.54) is 0 Å². The van der Waals surface area contributed by atoms with Gasteiger partial charge in [0, 0.05) is 24.6 Å². The third-order valence-electron chi connectivity index (χ3n) is 4.41. The number of carbonyl (C=O) groups excluding carboxylic acids is 1. The van der Waals surface area contributed by atoms with Crippen molar-refractivity contribution in [2.75, 3.05) is 18.5 Å². The molecule has 2 heterocycles. The Morgan fingerprint density at radius 3 is 2.62 bits per heavy atom. The SMILES string of the molecule is O=C1OCCN1Cc1ccc(NC(c2ccccc2)c2ncc[nH]2)cc1. The van der Waals surface area contributed by atoms with Crippen LogP contribution in [0.1, 0.15) is 23.0 Å². The van der Waals surface area contributed by atoms with Gasteiger partial charge in [-0.1, -0.05) is 42.5 Å². The fraction of sp³-hybridized carbons (Fsp3) is 0.200. The molecule has 1 fully saturated rings. The number of nitrogens with one attached hydrogen (secondary N) is 2. The van der Waals surface area contributed by atoms with Crippen LogP contribution in [-0.2, 0) is 11.3 Å². The molecule has 26 heavy (non-hydrogen) atoms. The summed E-state index contributed by atoms with van der Waals surface area (Å²) in [5.74, 6) is 0.861. The summed E-state index contributed by atoms with van der Waals surface area (Å²) in [5, 5.41) is 3.53. The molecule has 3 aromatic rings. The zero-order valence-electron chi connectivity index (χ0n) is 14.3. The average Bonchev–Trinajstić information content (AvgIpc) is 3.34. The number of anilines is 1. The minimum absolute atomic E-state index is 0.0643. The molecule has 0 saturated carbocycles. The second-order valence-corrected chi connectivity index (χ2v) is 6.20. The predicted octanol–water partition coefficient (Wildman–Crippen LogP) is 3.56. The largest absolute Gasteiger partial charge is 0.448 e. The first kappa shape index (κ1) is 16.2.